The van der Waals surface area contributed by atoms with Gasteiger partial charge in [0.2, 0.25) is 0 Å². The maximum Gasteiger partial charge on any atom is 0.333 e. The first-order valence-electron chi connectivity index (χ1n) is 11.2. The van der Waals surface area contributed by atoms with E-state index >= 15 is 0 Å². The summed E-state index contributed by atoms with van der Waals surface area (Å²) >= 11 is 0. The fraction of sp³-hybridized carbons (Fsp3) is 0.370. The minimum Gasteiger partial charge on any atom is -0.498 e. The first kappa shape index (κ1) is 26.6. The number of ketones is 1. The zero-order chi connectivity index (χ0) is 24.9. The van der Waals surface area contributed by atoms with E-state index in [1.54, 1.807) is 44.2 Å². The number of allylic oxidation sites excluding steroid dienone is 4. The van der Waals surface area contributed by atoms with Gasteiger partial charge in [-0.05, 0) is 50.6 Å². The van der Waals surface area contributed by atoms with Crippen molar-refractivity contribution in [3.8, 4) is 5.75 Å². The van der Waals surface area contributed by atoms with Crippen molar-refractivity contribution >= 4 is 17.7 Å². The topological polar surface area (TPSA) is 88.1 Å². The van der Waals surface area contributed by atoms with E-state index in [-0.39, 0.29) is 19.0 Å². The van der Waals surface area contributed by atoms with E-state index in [0.717, 1.165) is 11.3 Å². The summed E-state index contributed by atoms with van der Waals surface area (Å²) in [4.78, 5) is 35.4. The van der Waals surface area contributed by atoms with E-state index in [2.05, 4.69) is 13.2 Å². The lowest BCUT2D eigenvalue weighted by Crippen LogP contribution is -2.10. The molecular weight excluding hydrogens is 436 g/mol. The van der Waals surface area contributed by atoms with Crippen LogP contribution < -0.4 is 4.74 Å². The van der Waals surface area contributed by atoms with Crippen molar-refractivity contribution in [3.63, 3.8) is 0 Å². The van der Waals surface area contributed by atoms with Gasteiger partial charge in [-0.1, -0.05) is 19.2 Å². The van der Waals surface area contributed by atoms with E-state index < -0.39 is 11.9 Å². The van der Waals surface area contributed by atoms with Gasteiger partial charge in [-0.15, -0.1) is 0 Å². The van der Waals surface area contributed by atoms with Crippen molar-refractivity contribution in [1.82, 2.24) is 0 Å². The van der Waals surface area contributed by atoms with Crippen LogP contribution in [0.25, 0.3) is 0 Å². The molecule has 182 valence electrons. The highest BCUT2D eigenvalue weighted by atomic mass is 16.5. The minimum atomic E-state index is -0.407. The molecule has 0 atom stereocenters. The smallest absolute Gasteiger partial charge is 0.333 e. The maximum absolute atomic E-state index is 12.8. The third-order valence-electron chi connectivity index (χ3n) is 4.82. The summed E-state index contributed by atoms with van der Waals surface area (Å²) in [5.41, 5.74) is 2.05. The molecule has 34 heavy (non-hydrogen) atoms. The first-order valence-corrected chi connectivity index (χ1v) is 11.2. The molecule has 0 saturated heterocycles. The molecule has 0 saturated carbocycles. The van der Waals surface area contributed by atoms with Crippen molar-refractivity contribution in [3.05, 3.63) is 77.6 Å². The van der Waals surface area contributed by atoms with E-state index in [4.69, 9.17) is 18.9 Å². The largest absolute Gasteiger partial charge is 0.498 e. The van der Waals surface area contributed by atoms with Crippen LogP contribution in [-0.2, 0) is 23.8 Å². The average Bonchev–Trinajstić information content (AvgIpc) is 2.83. The Morgan fingerprint density at radius 1 is 0.765 bits per heavy atom. The van der Waals surface area contributed by atoms with Gasteiger partial charge in [0.25, 0.3) is 0 Å². The molecule has 7 heteroatoms. The molecule has 0 N–H and O–H groups in total. The van der Waals surface area contributed by atoms with Crippen LogP contribution in [0.15, 0.2) is 72.1 Å². The lowest BCUT2D eigenvalue weighted by molar-refractivity contribution is -0.140. The highest BCUT2D eigenvalue weighted by Crippen LogP contribution is 2.23. The summed E-state index contributed by atoms with van der Waals surface area (Å²) < 4.78 is 21.4. The molecule has 7 nitrogen and oxygen atoms in total. The zero-order valence-corrected chi connectivity index (χ0v) is 19.9. The van der Waals surface area contributed by atoms with Gasteiger partial charge in [0.1, 0.15) is 5.75 Å². The van der Waals surface area contributed by atoms with Crippen molar-refractivity contribution in [2.75, 3.05) is 26.4 Å². The van der Waals surface area contributed by atoms with Crippen LogP contribution in [0.4, 0.5) is 0 Å². The molecule has 1 aliphatic carbocycles. The Labute approximate surface area is 200 Å². The number of esters is 2. The first-order chi connectivity index (χ1) is 16.3. The lowest BCUT2D eigenvalue weighted by Gasteiger charge is -2.15. The quantitative estimate of drug-likeness (QED) is 0.166. The summed E-state index contributed by atoms with van der Waals surface area (Å²) in [6, 6.07) is 6.98. The van der Waals surface area contributed by atoms with Crippen LogP contribution >= 0.6 is 0 Å². The predicted octanol–water partition coefficient (Wildman–Crippen LogP) is 4.89. The summed E-state index contributed by atoms with van der Waals surface area (Å²) in [5.74, 6) is 0.616. The summed E-state index contributed by atoms with van der Waals surface area (Å²) in [6.07, 6.45) is 5.98. The predicted molar refractivity (Wildman–Crippen MR) is 128 cm³/mol. The normalized spacial score (nSPS) is 12.6. The number of hydrogen-bond donors (Lipinski definition) is 0. The van der Waals surface area contributed by atoms with Gasteiger partial charge < -0.3 is 18.9 Å². The second-order valence-corrected chi connectivity index (χ2v) is 7.91. The summed E-state index contributed by atoms with van der Waals surface area (Å²) in [6.45, 7) is 11.6. The number of ether oxygens (including phenoxy) is 4. The Bertz CT molecular complexity index is 967. The van der Waals surface area contributed by atoms with Gasteiger partial charge in [-0.3, -0.25) is 4.79 Å². The highest BCUT2D eigenvalue weighted by Gasteiger charge is 2.16. The van der Waals surface area contributed by atoms with E-state index in [1.807, 2.05) is 6.08 Å². The number of benzene rings is 1. The van der Waals surface area contributed by atoms with Gasteiger partial charge >= 0.3 is 11.9 Å². The Balaban J connectivity index is 1.73. The molecule has 0 unspecified atom stereocenters. The molecule has 0 fully saturated rings. The SMILES string of the molecule is C=C(C)C(=O)OCCCOC1=CC=C(C(=O)c2ccc(OCCCOC(=O)C(=C)C)cc2)CC1. The molecule has 2 rings (SSSR count). The Morgan fingerprint density at radius 3 is 1.82 bits per heavy atom. The Hall–Kier alpha value is -3.61. The monoisotopic (exact) mass is 468 g/mol. The molecule has 0 amide bonds. The maximum atomic E-state index is 12.8. The number of hydrogen-bond acceptors (Lipinski definition) is 7. The van der Waals surface area contributed by atoms with Crippen LogP contribution in [-0.4, -0.2) is 44.1 Å². The fourth-order valence-corrected chi connectivity index (χ4v) is 2.90. The number of carbonyl (C=O) groups excluding carboxylic acids is 3. The van der Waals surface area contributed by atoms with Crippen molar-refractivity contribution in [1.29, 1.82) is 0 Å². The van der Waals surface area contributed by atoms with Gasteiger partial charge in [-0.25, -0.2) is 9.59 Å². The molecule has 0 radical (unpaired) electrons. The molecule has 1 aromatic rings. The van der Waals surface area contributed by atoms with Gasteiger partial charge in [0.15, 0.2) is 5.78 Å². The minimum absolute atomic E-state index is 0.0275. The zero-order valence-electron chi connectivity index (χ0n) is 19.9. The summed E-state index contributed by atoms with van der Waals surface area (Å²) in [5, 5.41) is 0. The average molecular weight is 469 g/mol. The molecule has 1 aromatic carbocycles. The second kappa shape index (κ2) is 13.8. The van der Waals surface area contributed by atoms with Crippen molar-refractivity contribution in [2.24, 2.45) is 0 Å². The number of Topliss-reactive ketones (excluding diaryl/α,β-unsaturated/α-hetero) is 1. The van der Waals surface area contributed by atoms with Crippen LogP contribution in [0.1, 0.15) is 49.9 Å². The van der Waals surface area contributed by atoms with Gasteiger partial charge in [-0.2, -0.15) is 0 Å². The van der Waals surface area contributed by atoms with Crippen LogP contribution in [0.2, 0.25) is 0 Å². The van der Waals surface area contributed by atoms with Crippen molar-refractivity contribution < 1.29 is 33.3 Å². The van der Waals surface area contributed by atoms with E-state index in [0.29, 0.717) is 61.4 Å². The van der Waals surface area contributed by atoms with Crippen LogP contribution in [0.5, 0.6) is 5.75 Å². The third-order valence-corrected chi connectivity index (χ3v) is 4.82. The molecule has 0 spiro atoms. The number of carbonyl (C=O) groups is 3. The van der Waals surface area contributed by atoms with Gasteiger partial charge in [0, 0.05) is 41.5 Å². The molecule has 0 bridgehead atoms. The lowest BCUT2D eigenvalue weighted by atomic mass is 9.95. The Morgan fingerprint density at radius 2 is 1.32 bits per heavy atom. The fourth-order valence-electron chi connectivity index (χ4n) is 2.90. The number of rotatable bonds is 14. The Kier molecular flexibility index (Phi) is 10.8. The summed E-state index contributed by atoms with van der Waals surface area (Å²) in [7, 11) is 0. The van der Waals surface area contributed by atoms with Gasteiger partial charge in [0.05, 0.1) is 32.2 Å². The molecule has 0 aromatic heterocycles. The van der Waals surface area contributed by atoms with Crippen LogP contribution in [0.3, 0.4) is 0 Å². The standard InChI is InChI=1S/C27H32O7/c1-19(2)26(29)33-17-5-15-31-23-11-7-21(8-12-23)25(28)22-9-13-24(14-10-22)32-16-6-18-34-27(30)20(3)4/h7-9,11-13H,1,3,5-6,10,14-18H2,2,4H3. The van der Waals surface area contributed by atoms with Crippen molar-refractivity contribution in [2.45, 2.75) is 39.5 Å². The molecular formula is C27H32O7. The third kappa shape index (κ3) is 9.10. The molecule has 0 heterocycles. The van der Waals surface area contributed by atoms with E-state index in [9.17, 15) is 14.4 Å². The van der Waals surface area contributed by atoms with Crippen LogP contribution in [0, 0.1) is 0 Å². The molecule has 1 aliphatic rings. The highest BCUT2D eigenvalue weighted by molar-refractivity contribution is 6.09. The van der Waals surface area contributed by atoms with E-state index in [1.165, 1.54) is 0 Å². The molecule has 0 aliphatic heterocycles. The second-order valence-electron chi connectivity index (χ2n) is 7.91.